The molecule has 0 saturated carbocycles. The SMILES string of the molecule is C.C.C.CC(C)O[Si](N)(OC(C)C)OC(C)(C)C.CC(C)O[Si](N)(OC(C)C)OC(C)C.CC(C)O[Si](N[Si](OC(C)C)(OC(C)C)OC(C)C)(OC(C)C)OC(C)C.CC(C)O[Si](N[Si](OC(C)C)(OC(C)C)OC(C)C)(OC(C)C)OC(C)C.CC(C)O[Si](O)(OC(C)C)OC(C)(C)C.CC(C)O[Si](OC(C)C)(OC(C)C)O[Si](OC(C)C)(OC(C)C)OC(C)(C)C.N.N.N. The van der Waals surface area contributed by atoms with Crippen molar-refractivity contribution in [3.05, 3.63) is 0 Å². The molecule has 0 bridgehead atoms. The monoisotopic (exact) mass is 2080 g/mol. The van der Waals surface area contributed by atoms with Gasteiger partial charge in [0.15, 0.2) is 0 Å². The highest BCUT2D eigenvalue weighted by molar-refractivity contribution is 6.76. The summed E-state index contributed by atoms with van der Waals surface area (Å²) in [6.45, 7) is 110. The first-order chi connectivity index (χ1) is 56.2. The minimum absolute atomic E-state index is 0. The Labute approximate surface area is 823 Å². The molecule has 0 aromatic rings. The maximum atomic E-state index is 10.2. The molecule has 0 aromatic carbocycles. The molecule has 0 unspecified atom stereocenters. The molecule has 132 heavy (non-hydrogen) atoms. The van der Waals surface area contributed by atoms with Gasteiger partial charge in [-0.2, -0.15) is 0 Å². The van der Waals surface area contributed by atoms with Crippen molar-refractivity contribution in [3.8, 4) is 0 Å². The standard InChI is InChI=1S/C19H44O7Si2.2C18H43NO6Si2.C10H25NO3Si.C10H24O4Si.C9H23NO3Si.3CH4.3H3N/c1-14(2)20-27(21-15(3)4,22-16(5)6)26-28(23-17(7)8,24-18(9)10)25-19(11,12)13;2*1-13(2)20-26(21-14(3)4,22-15(5)6)19-27(23-16(7)8,24-17(9)10)25-18(11)12;2*1-8(2)12-15(11,13-9(3)4)14-10(5,6)7;1-7(2)11-14(10,12-8(3)4)13-9(5)6;;;;;;/h14-18H,1-13H3;2*13-19H,1-12H3;8-9H,11H2,1-7H3;8-9,11H,1-7H3;7-9H,10H2,1-6H3;3*1H4;3*1H3. The van der Waals surface area contributed by atoms with Gasteiger partial charge in [0.05, 0.1) is 16.8 Å². The second kappa shape index (κ2) is 73.6. The molecular weight excluding hydrogens is 1860 g/mol. The van der Waals surface area contributed by atoms with Crippen LogP contribution in [0, 0.1) is 0 Å². The quantitative estimate of drug-likeness (QED) is 0.0262. The maximum absolute atomic E-state index is 10.2. The van der Waals surface area contributed by atoms with Crippen LogP contribution in [0.4, 0.5) is 0 Å². The summed E-state index contributed by atoms with van der Waals surface area (Å²) in [5, 5.41) is 12.0. The van der Waals surface area contributed by atoms with E-state index in [-0.39, 0.29) is 193 Å². The molecular formula is C87H223N7O29Si9. The fourth-order valence-corrected chi connectivity index (χ4v) is 37.2. The van der Waals surface area contributed by atoms with Crippen LogP contribution in [0.25, 0.3) is 0 Å². The lowest BCUT2D eigenvalue weighted by molar-refractivity contribution is -0.121. The predicted octanol–water partition coefficient (Wildman–Crippen LogP) is 21.0. The molecule has 0 saturated heterocycles. The van der Waals surface area contributed by atoms with E-state index in [2.05, 4.69) is 9.30 Å². The summed E-state index contributed by atoms with van der Waals surface area (Å²) in [4.78, 5) is 10.2. The topological polar surface area (TPSA) is 460 Å². The average Bonchev–Trinajstić information content (AvgIpc) is 0.794. The van der Waals surface area contributed by atoms with E-state index in [4.69, 9.17) is 134 Å². The third-order valence-corrected chi connectivity index (χ3v) is 39.8. The zero-order valence-electron chi connectivity index (χ0n) is 93.0. The zero-order valence-corrected chi connectivity index (χ0v) is 102. The summed E-state index contributed by atoms with van der Waals surface area (Å²) in [6.07, 6.45) is -2.36. The van der Waals surface area contributed by atoms with Crippen LogP contribution in [0.15, 0.2) is 0 Å². The molecule has 0 heterocycles. The summed E-state index contributed by atoms with van der Waals surface area (Å²) in [7, 11) is -30.4. The normalized spacial score (nSPS) is 13.4. The smallest absolute Gasteiger partial charge is 0.367 e. The Bertz CT molecular complexity index is 2300. The van der Waals surface area contributed by atoms with Gasteiger partial charge in [0.2, 0.25) is 0 Å². The maximum Gasteiger partial charge on any atom is 0.677 e. The Hall–Kier alpha value is 0.512. The van der Waals surface area contributed by atoms with E-state index in [0.29, 0.717) is 0 Å². The number of nitrogens with two attached hydrogens (primary N) is 2. The van der Waals surface area contributed by atoms with Crippen LogP contribution in [0.2, 0.25) is 0 Å². The van der Waals surface area contributed by atoms with Gasteiger partial charge in [-0.05, 0) is 395 Å². The summed E-state index contributed by atoms with van der Waals surface area (Å²) in [5.41, 5.74) is -1.40. The molecule has 0 fully saturated rings. The summed E-state index contributed by atoms with van der Waals surface area (Å²) < 4.78 is 175. The van der Waals surface area contributed by atoms with Crippen LogP contribution < -0.4 is 38.5 Å². The molecule has 0 rings (SSSR count). The van der Waals surface area contributed by atoms with Gasteiger partial charge in [-0.1, -0.05) is 22.3 Å². The zero-order chi connectivity index (χ0) is 101. The Morgan fingerprint density at radius 3 is 0.439 bits per heavy atom. The minimum Gasteiger partial charge on any atom is -0.367 e. The molecule has 0 amide bonds. The largest absolute Gasteiger partial charge is 0.677 e. The lowest BCUT2D eigenvalue weighted by atomic mass is 10.2. The van der Waals surface area contributed by atoms with Crippen molar-refractivity contribution < 1.29 is 128 Å². The van der Waals surface area contributed by atoms with Crippen LogP contribution in [-0.2, 0) is 124 Å². The van der Waals surface area contributed by atoms with Gasteiger partial charge < -0.3 is 147 Å². The molecule has 0 aliphatic heterocycles. The van der Waals surface area contributed by atoms with E-state index < -0.39 is 92.1 Å². The first-order valence-corrected chi connectivity index (χ1v) is 61.6. The van der Waals surface area contributed by atoms with Crippen LogP contribution in [0.5, 0.6) is 0 Å². The lowest BCUT2D eigenvalue weighted by Gasteiger charge is -2.41. The second-order valence-electron chi connectivity index (χ2n) is 39.9. The van der Waals surface area contributed by atoms with Crippen molar-refractivity contribution in [1.29, 1.82) is 0 Å². The third kappa shape index (κ3) is 89.4. The fraction of sp³-hybridized carbons (Fsp3) is 1.00. The Kier molecular flexibility index (Phi) is 87.9. The van der Waals surface area contributed by atoms with E-state index in [1.54, 1.807) is 0 Å². The number of rotatable bonds is 57. The highest BCUT2D eigenvalue weighted by Crippen LogP contribution is 2.33. The third-order valence-electron chi connectivity index (χ3n) is 11.5. The number of hydrogen-bond acceptors (Lipinski definition) is 36. The molecule has 0 radical (unpaired) electrons. The molecule has 0 atom stereocenters. The van der Waals surface area contributed by atoms with Crippen molar-refractivity contribution in [2.45, 2.75) is 580 Å². The molecule has 0 aliphatic rings. The van der Waals surface area contributed by atoms with E-state index in [1.165, 1.54) is 0 Å². The van der Waals surface area contributed by atoms with Crippen molar-refractivity contribution >= 4 is 80.9 Å². The van der Waals surface area contributed by atoms with Crippen LogP contribution in [0.1, 0.15) is 417 Å². The molecule has 0 aromatic heterocycles. The van der Waals surface area contributed by atoms with Gasteiger partial charge in [-0.25, -0.2) is 9.30 Å². The van der Waals surface area contributed by atoms with Crippen molar-refractivity contribution in [2.24, 2.45) is 10.8 Å². The Balaban J connectivity index is -0.000000133. The van der Waals surface area contributed by atoms with Gasteiger partial charge in [-0.15, -0.1) is 0 Å². The second-order valence-corrected chi connectivity index (χ2v) is 58.9. The van der Waals surface area contributed by atoms with Gasteiger partial charge in [0, 0.05) is 146 Å². The van der Waals surface area contributed by atoms with Gasteiger partial charge in [0.25, 0.3) is 0 Å². The minimum atomic E-state index is -3.71. The Morgan fingerprint density at radius 1 is 0.182 bits per heavy atom. The van der Waals surface area contributed by atoms with Crippen molar-refractivity contribution in [3.63, 3.8) is 0 Å². The van der Waals surface area contributed by atoms with Gasteiger partial charge in [-0.3, -0.25) is 10.8 Å². The summed E-state index contributed by atoms with van der Waals surface area (Å²) >= 11 is 0. The molecule has 816 valence electrons. The molecule has 16 N–H and O–H groups in total. The van der Waals surface area contributed by atoms with E-state index in [0.717, 1.165) is 0 Å². The first kappa shape index (κ1) is 158. The molecule has 36 nitrogen and oxygen atoms in total. The van der Waals surface area contributed by atoms with Gasteiger partial charge in [0.1, 0.15) is 0 Å². The number of nitrogens with one attached hydrogen (secondary N) is 2. The predicted molar refractivity (Wildman–Crippen MR) is 557 cm³/mol. The first-order valence-electron chi connectivity index (χ1n) is 46.2. The van der Waals surface area contributed by atoms with Crippen molar-refractivity contribution in [2.75, 3.05) is 0 Å². The van der Waals surface area contributed by atoms with E-state index in [9.17, 15) is 4.80 Å². The Morgan fingerprint density at radius 2 is 0.311 bits per heavy atom. The van der Waals surface area contributed by atoms with Gasteiger partial charge >= 0.3 is 80.9 Å². The van der Waals surface area contributed by atoms with E-state index in [1.807, 2.05) is 395 Å². The molecule has 0 spiro atoms. The van der Waals surface area contributed by atoms with Crippen LogP contribution in [-0.4, -0.2) is 249 Å². The highest BCUT2D eigenvalue weighted by atomic mass is 28.5. The summed E-state index contributed by atoms with van der Waals surface area (Å²) in [6, 6.07) is 0. The van der Waals surface area contributed by atoms with E-state index >= 15 is 0 Å². The van der Waals surface area contributed by atoms with Crippen molar-refractivity contribution in [1.82, 2.24) is 27.7 Å². The number of hydrogen-bond donors (Lipinski definition) is 8. The lowest BCUT2D eigenvalue weighted by Crippen LogP contribution is -2.75. The molecule has 0 aliphatic carbocycles. The highest BCUT2D eigenvalue weighted by Gasteiger charge is 2.65. The van der Waals surface area contributed by atoms with Crippen LogP contribution in [0.3, 0.4) is 0 Å². The average molecular weight is 2080 g/mol. The summed E-state index contributed by atoms with van der Waals surface area (Å²) in [5.74, 6) is 0. The van der Waals surface area contributed by atoms with Crippen LogP contribution >= 0.6 is 0 Å². The molecule has 45 heteroatoms. The fourth-order valence-electron chi connectivity index (χ4n) is 10.3.